The smallest absolute Gasteiger partial charge is 0.130 e. The van der Waals surface area contributed by atoms with Gasteiger partial charge in [0.1, 0.15) is 11.3 Å². The zero-order valence-electron chi connectivity index (χ0n) is 12.2. The Morgan fingerprint density at radius 3 is 3.10 bits per heavy atom. The Kier molecular flexibility index (Phi) is 4.86. The molecule has 108 valence electrons. The van der Waals surface area contributed by atoms with Crippen LogP contribution in [0.5, 0.6) is 5.75 Å². The predicted octanol–water partition coefficient (Wildman–Crippen LogP) is 3.35. The van der Waals surface area contributed by atoms with E-state index in [-0.39, 0.29) is 6.10 Å². The number of benzene rings is 1. The van der Waals surface area contributed by atoms with E-state index in [1.165, 1.54) is 0 Å². The van der Waals surface area contributed by atoms with Crippen molar-refractivity contribution in [3.63, 3.8) is 0 Å². The third kappa shape index (κ3) is 3.43. The number of nitriles is 1. The molecule has 1 saturated heterocycles. The highest BCUT2D eigenvalue weighted by atomic mass is 16.5. The monoisotopic (exact) mass is 274 g/mol. The Labute approximate surface area is 120 Å². The average molecular weight is 274 g/mol. The van der Waals surface area contributed by atoms with Gasteiger partial charge in [0.15, 0.2) is 0 Å². The third-order valence-corrected chi connectivity index (χ3v) is 3.74. The maximum absolute atomic E-state index is 9.62. The van der Waals surface area contributed by atoms with Gasteiger partial charge in [-0.15, -0.1) is 0 Å². The lowest BCUT2D eigenvalue weighted by Crippen LogP contribution is -2.45. The SMILES string of the molecule is CCCC1CC(C#N)(Nc2cccc(OC)c2)CCO1. The molecule has 0 aromatic heterocycles. The largest absolute Gasteiger partial charge is 0.497 e. The zero-order valence-corrected chi connectivity index (χ0v) is 12.2. The predicted molar refractivity (Wildman–Crippen MR) is 78.8 cm³/mol. The summed E-state index contributed by atoms with van der Waals surface area (Å²) in [5.74, 6) is 0.792. The summed E-state index contributed by atoms with van der Waals surface area (Å²) in [7, 11) is 1.64. The van der Waals surface area contributed by atoms with Crippen molar-refractivity contribution in [1.29, 1.82) is 5.26 Å². The highest BCUT2D eigenvalue weighted by Gasteiger charge is 2.37. The molecule has 4 nitrogen and oxygen atoms in total. The molecule has 1 aliphatic heterocycles. The number of nitrogens with zero attached hydrogens (tertiary/aromatic N) is 1. The molecule has 1 fully saturated rings. The van der Waals surface area contributed by atoms with Crippen LogP contribution in [0.3, 0.4) is 0 Å². The molecule has 20 heavy (non-hydrogen) atoms. The molecule has 4 heteroatoms. The van der Waals surface area contributed by atoms with Crippen LogP contribution in [-0.2, 0) is 4.74 Å². The van der Waals surface area contributed by atoms with Gasteiger partial charge in [0.25, 0.3) is 0 Å². The second-order valence-corrected chi connectivity index (χ2v) is 5.29. The molecule has 0 spiro atoms. The molecule has 1 aromatic rings. The molecule has 1 aliphatic rings. The van der Waals surface area contributed by atoms with E-state index in [0.29, 0.717) is 13.0 Å². The molecule has 2 unspecified atom stereocenters. The summed E-state index contributed by atoms with van der Waals surface area (Å²) in [6, 6.07) is 10.2. The van der Waals surface area contributed by atoms with Crippen molar-refractivity contribution in [3.8, 4) is 11.8 Å². The Bertz CT molecular complexity index is 482. The summed E-state index contributed by atoms with van der Waals surface area (Å²) in [6.07, 6.45) is 3.69. The van der Waals surface area contributed by atoms with Gasteiger partial charge in [0, 0.05) is 24.6 Å². The lowest BCUT2D eigenvalue weighted by atomic mass is 9.86. The maximum atomic E-state index is 9.62. The fourth-order valence-corrected chi connectivity index (χ4v) is 2.68. The second-order valence-electron chi connectivity index (χ2n) is 5.29. The summed E-state index contributed by atoms with van der Waals surface area (Å²) in [6.45, 7) is 2.77. The van der Waals surface area contributed by atoms with Crippen LogP contribution in [0.4, 0.5) is 5.69 Å². The number of rotatable bonds is 5. The number of methoxy groups -OCH3 is 1. The fourth-order valence-electron chi connectivity index (χ4n) is 2.68. The third-order valence-electron chi connectivity index (χ3n) is 3.74. The van der Waals surface area contributed by atoms with E-state index in [9.17, 15) is 5.26 Å². The van der Waals surface area contributed by atoms with Crippen LogP contribution in [0.2, 0.25) is 0 Å². The number of ether oxygens (including phenoxy) is 2. The van der Waals surface area contributed by atoms with Crippen LogP contribution >= 0.6 is 0 Å². The molecular weight excluding hydrogens is 252 g/mol. The minimum atomic E-state index is -0.537. The lowest BCUT2D eigenvalue weighted by molar-refractivity contribution is -0.00614. The standard InChI is InChI=1S/C16H22N2O2/c1-3-5-15-11-16(12-17,8-9-20-15)18-13-6-4-7-14(10-13)19-2/h4,6-7,10,15,18H,3,5,8-9,11H2,1-2H3. The van der Waals surface area contributed by atoms with Crippen molar-refractivity contribution in [3.05, 3.63) is 24.3 Å². The zero-order chi connectivity index (χ0) is 14.4. The van der Waals surface area contributed by atoms with Gasteiger partial charge in [-0.2, -0.15) is 5.26 Å². The van der Waals surface area contributed by atoms with E-state index in [4.69, 9.17) is 9.47 Å². The molecule has 2 atom stereocenters. The summed E-state index contributed by atoms with van der Waals surface area (Å²) >= 11 is 0. The number of anilines is 1. The molecule has 0 radical (unpaired) electrons. The Hall–Kier alpha value is -1.73. The van der Waals surface area contributed by atoms with Crippen molar-refractivity contribution >= 4 is 5.69 Å². The van der Waals surface area contributed by atoms with Crippen molar-refractivity contribution in [2.24, 2.45) is 0 Å². The fraction of sp³-hybridized carbons (Fsp3) is 0.562. The summed E-state index contributed by atoms with van der Waals surface area (Å²) < 4.78 is 11.0. The first kappa shape index (κ1) is 14.7. The van der Waals surface area contributed by atoms with E-state index in [2.05, 4.69) is 18.3 Å². The maximum Gasteiger partial charge on any atom is 0.130 e. The van der Waals surface area contributed by atoms with Gasteiger partial charge in [-0.25, -0.2) is 0 Å². The highest BCUT2D eigenvalue weighted by Crippen LogP contribution is 2.31. The van der Waals surface area contributed by atoms with Crippen LogP contribution in [0.25, 0.3) is 0 Å². The Morgan fingerprint density at radius 2 is 2.40 bits per heavy atom. The number of hydrogen-bond donors (Lipinski definition) is 1. The van der Waals surface area contributed by atoms with E-state index in [1.807, 2.05) is 24.3 Å². The van der Waals surface area contributed by atoms with Crippen LogP contribution < -0.4 is 10.1 Å². The van der Waals surface area contributed by atoms with Crippen LogP contribution in [0, 0.1) is 11.3 Å². The summed E-state index contributed by atoms with van der Waals surface area (Å²) in [4.78, 5) is 0. The first-order chi connectivity index (χ1) is 9.71. The van der Waals surface area contributed by atoms with Crippen LogP contribution in [0.15, 0.2) is 24.3 Å². The van der Waals surface area contributed by atoms with Crippen molar-refractivity contribution in [1.82, 2.24) is 0 Å². The van der Waals surface area contributed by atoms with E-state index in [1.54, 1.807) is 7.11 Å². The molecule has 1 N–H and O–H groups in total. The van der Waals surface area contributed by atoms with Gasteiger partial charge in [-0.3, -0.25) is 0 Å². The molecule has 0 bridgehead atoms. The first-order valence-corrected chi connectivity index (χ1v) is 7.16. The van der Waals surface area contributed by atoms with Gasteiger partial charge >= 0.3 is 0 Å². The summed E-state index contributed by atoms with van der Waals surface area (Å²) in [5, 5.41) is 13.0. The molecule has 2 rings (SSSR count). The Balaban J connectivity index is 2.12. The number of hydrogen-bond acceptors (Lipinski definition) is 4. The van der Waals surface area contributed by atoms with E-state index >= 15 is 0 Å². The van der Waals surface area contributed by atoms with Crippen LogP contribution in [0.1, 0.15) is 32.6 Å². The minimum Gasteiger partial charge on any atom is -0.497 e. The number of nitrogens with one attached hydrogen (secondary N) is 1. The van der Waals surface area contributed by atoms with Gasteiger partial charge < -0.3 is 14.8 Å². The van der Waals surface area contributed by atoms with Gasteiger partial charge in [-0.1, -0.05) is 19.4 Å². The minimum absolute atomic E-state index is 0.173. The lowest BCUT2D eigenvalue weighted by Gasteiger charge is -2.37. The van der Waals surface area contributed by atoms with Crippen molar-refractivity contribution < 1.29 is 9.47 Å². The van der Waals surface area contributed by atoms with Crippen LogP contribution in [-0.4, -0.2) is 25.4 Å². The Morgan fingerprint density at radius 1 is 1.55 bits per heavy atom. The molecule has 0 amide bonds. The van der Waals surface area contributed by atoms with E-state index in [0.717, 1.165) is 30.7 Å². The molecule has 1 aromatic carbocycles. The highest BCUT2D eigenvalue weighted by molar-refractivity contribution is 5.51. The van der Waals surface area contributed by atoms with E-state index < -0.39 is 5.54 Å². The van der Waals surface area contributed by atoms with Crippen molar-refractivity contribution in [2.75, 3.05) is 19.0 Å². The quantitative estimate of drug-likeness (QED) is 0.894. The summed E-state index contributed by atoms with van der Waals surface area (Å²) in [5.41, 5.74) is 0.382. The van der Waals surface area contributed by atoms with Gasteiger partial charge in [-0.05, 0) is 18.6 Å². The molecule has 0 saturated carbocycles. The normalized spacial score (nSPS) is 25.8. The van der Waals surface area contributed by atoms with Crippen molar-refractivity contribution in [2.45, 2.75) is 44.2 Å². The van der Waals surface area contributed by atoms with Gasteiger partial charge in [0.2, 0.25) is 0 Å². The topological polar surface area (TPSA) is 54.3 Å². The van der Waals surface area contributed by atoms with Gasteiger partial charge in [0.05, 0.1) is 25.9 Å². The second kappa shape index (κ2) is 6.62. The first-order valence-electron chi connectivity index (χ1n) is 7.16. The molecule has 0 aliphatic carbocycles. The molecule has 1 heterocycles. The molecular formula is C16H22N2O2. The average Bonchev–Trinajstić information content (AvgIpc) is 2.48.